The second-order valence-corrected chi connectivity index (χ2v) is 6.42. The first-order valence-corrected chi connectivity index (χ1v) is 8.58. The van der Waals surface area contributed by atoms with Gasteiger partial charge in [0.15, 0.2) is 4.34 Å². The van der Waals surface area contributed by atoms with Crippen LogP contribution < -0.4 is 10.1 Å². The molecular formula is C14H17N3O2S2. The highest BCUT2D eigenvalue weighted by atomic mass is 32.2. The van der Waals surface area contributed by atoms with E-state index in [-0.39, 0.29) is 5.91 Å². The number of benzene rings is 1. The molecule has 0 saturated heterocycles. The number of anilines is 1. The zero-order valence-corrected chi connectivity index (χ0v) is 13.6. The van der Waals surface area contributed by atoms with E-state index >= 15 is 0 Å². The summed E-state index contributed by atoms with van der Waals surface area (Å²) < 4.78 is 6.44. The predicted octanol–water partition coefficient (Wildman–Crippen LogP) is 3.37. The van der Waals surface area contributed by atoms with E-state index in [9.17, 15) is 4.79 Å². The molecule has 1 aromatic heterocycles. The van der Waals surface area contributed by atoms with Crippen molar-refractivity contribution >= 4 is 34.1 Å². The number of ether oxygens (including phenoxy) is 1. The van der Waals surface area contributed by atoms with Crippen LogP contribution in [0.25, 0.3) is 0 Å². The molecule has 1 amide bonds. The molecule has 0 saturated carbocycles. The molecule has 2 aromatic rings. The number of nitrogens with one attached hydrogen (secondary N) is 1. The summed E-state index contributed by atoms with van der Waals surface area (Å²) >= 11 is 2.89. The Morgan fingerprint density at radius 2 is 2.29 bits per heavy atom. The van der Waals surface area contributed by atoms with Gasteiger partial charge in [0.1, 0.15) is 5.75 Å². The van der Waals surface area contributed by atoms with Crippen LogP contribution in [0.15, 0.2) is 28.6 Å². The Labute approximate surface area is 132 Å². The van der Waals surface area contributed by atoms with Gasteiger partial charge in [0.05, 0.1) is 6.61 Å². The third kappa shape index (κ3) is 5.35. The van der Waals surface area contributed by atoms with Crippen LogP contribution in [-0.2, 0) is 4.79 Å². The summed E-state index contributed by atoms with van der Waals surface area (Å²) in [6.45, 7) is 2.54. The van der Waals surface area contributed by atoms with Crippen molar-refractivity contribution in [2.24, 2.45) is 0 Å². The highest BCUT2D eigenvalue weighted by molar-refractivity contribution is 8.00. The monoisotopic (exact) mass is 323 g/mol. The molecule has 1 aromatic carbocycles. The first kappa shape index (κ1) is 15.8. The van der Waals surface area contributed by atoms with E-state index in [0.29, 0.717) is 24.6 Å². The number of hydrogen-bond donors (Lipinski definition) is 1. The third-order valence-corrected chi connectivity index (χ3v) is 4.45. The maximum atomic E-state index is 11.7. The minimum atomic E-state index is -0.0633. The average Bonchev–Trinajstić information content (AvgIpc) is 2.91. The first-order valence-electron chi connectivity index (χ1n) is 6.54. The summed E-state index contributed by atoms with van der Waals surface area (Å²) in [4.78, 5) is 11.7. The molecule has 0 atom stereocenters. The molecule has 21 heavy (non-hydrogen) atoms. The van der Waals surface area contributed by atoms with E-state index in [1.54, 1.807) is 0 Å². The van der Waals surface area contributed by atoms with Gasteiger partial charge in [-0.2, -0.15) is 0 Å². The molecule has 1 heterocycles. The van der Waals surface area contributed by atoms with Crippen LogP contribution in [0.3, 0.4) is 0 Å². The molecule has 0 fully saturated rings. The van der Waals surface area contributed by atoms with Gasteiger partial charge < -0.3 is 10.1 Å². The summed E-state index contributed by atoms with van der Waals surface area (Å²) in [5.74, 6) is 0.774. The van der Waals surface area contributed by atoms with Crippen molar-refractivity contribution in [1.82, 2.24) is 10.2 Å². The van der Waals surface area contributed by atoms with Crippen molar-refractivity contribution < 1.29 is 9.53 Å². The molecule has 5 nitrogen and oxygen atoms in total. The molecule has 7 heteroatoms. The molecule has 0 spiro atoms. The molecule has 0 aliphatic rings. The molecule has 0 radical (unpaired) electrons. The maximum Gasteiger partial charge on any atom is 0.226 e. The van der Waals surface area contributed by atoms with Gasteiger partial charge in [0.2, 0.25) is 11.0 Å². The van der Waals surface area contributed by atoms with E-state index < -0.39 is 0 Å². The smallest absolute Gasteiger partial charge is 0.226 e. The number of aromatic nitrogens is 2. The number of hydrogen-bond acceptors (Lipinski definition) is 6. The van der Waals surface area contributed by atoms with Gasteiger partial charge in [-0.05, 0) is 37.3 Å². The van der Waals surface area contributed by atoms with Crippen molar-refractivity contribution in [1.29, 1.82) is 0 Å². The fraction of sp³-hybridized carbons (Fsp3) is 0.357. The van der Waals surface area contributed by atoms with E-state index in [1.165, 1.54) is 23.1 Å². The number of carbonyl (C=O) groups excluding carboxylic acids is 1. The normalized spacial score (nSPS) is 10.4. The van der Waals surface area contributed by atoms with Crippen LogP contribution in [-0.4, -0.2) is 29.0 Å². The molecule has 0 aliphatic carbocycles. The Hall–Kier alpha value is -1.60. The van der Waals surface area contributed by atoms with Gasteiger partial charge in [-0.1, -0.05) is 35.2 Å². The summed E-state index contributed by atoms with van der Waals surface area (Å²) in [6, 6.07) is 7.87. The molecule has 0 unspecified atom stereocenters. The van der Waals surface area contributed by atoms with Crippen molar-refractivity contribution in [2.45, 2.75) is 24.1 Å². The second-order valence-electron chi connectivity index (χ2n) is 4.39. The summed E-state index contributed by atoms with van der Waals surface area (Å²) in [5.41, 5.74) is 1.16. The highest BCUT2D eigenvalue weighted by Crippen LogP contribution is 2.23. The van der Waals surface area contributed by atoms with Crippen LogP contribution >= 0.6 is 23.1 Å². The molecule has 0 aliphatic heterocycles. The Balaban J connectivity index is 1.67. The van der Waals surface area contributed by atoms with Gasteiger partial charge in [-0.25, -0.2) is 0 Å². The predicted molar refractivity (Wildman–Crippen MR) is 86.2 cm³/mol. The van der Waals surface area contributed by atoms with E-state index in [4.69, 9.17) is 4.74 Å². The third-order valence-electron chi connectivity index (χ3n) is 2.63. The number of thioether (sulfide) groups is 1. The van der Waals surface area contributed by atoms with E-state index in [2.05, 4.69) is 15.5 Å². The van der Waals surface area contributed by atoms with Gasteiger partial charge in [0, 0.05) is 6.42 Å². The Morgan fingerprint density at radius 1 is 1.43 bits per heavy atom. The van der Waals surface area contributed by atoms with Crippen molar-refractivity contribution in [3.63, 3.8) is 0 Å². The fourth-order valence-corrected chi connectivity index (χ4v) is 2.84. The summed E-state index contributed by atoms with van der Waals surface area (Å²) in [5, 5.41) is 11.1. The minimum absolute atomic E-state index is 0.0633. The van der Waals surface area contributed by atoms with Crippen LogP contribution in [0.2, 0.25) is 0 Å². The maximum absolute atomic E-state index is 11.7. The Bertz CT molecular complexity index is 601. The lowest BCUT2D eigenvalue weighted by molar-refractivity contribution is -0.116. The van der Waals surface area contributed by atoms with E-state index in [0.717, 1.165) is 15.7 Å². The number of amides is 1. The van der Waals surface area contributed by atoms with Crippen LogP contribution in [0.1, 0.15) is 18.4 Å². The SMILES string of the molecule is CSc1nnc(NC(=O)CCCOc2cccc(C)c2)s1. The Morgan fingerprint density at radius 3 is 3.00 bits per heavy atom. The summed E-state index contributed by atoms with van der Waals surface area (Å²) in [6.07, 6.45) is 2.99. The highest BCUT2D eigenvalue weighted by Gasteiger charge is 2.07. The lowest BCUT2D eigenvalue weighted by Crippen LogP contribution is -2.12. The van der Waals surface area contributed by atoms with Crippen molar-refractivity contribution in [3.05, 3.63) is 29.8 Å². The largest absolute Gasteiger partial charge is 0.494 e. The molecule has 0 bridgehead atoms. The van der Waals surface area contributed by atoms with Gasteiger partial charge in [-0.3, -0.25) is 4.79 Å². The molecular weight excluding hydrogens is 306 g/mol. The van der Waals surface area contributed by atoms with Crippen molar-refractivity contribution in [2.75, 3.05) is 18.2 Å². The zero-order chi connectivity index (χ0) is 15.1. The Kier molecular flexibility index (Phi) is 6.01. The topological polar surface area (TPSA) is 64.1 Å². The minimum Gasteiger partial charge on any atom is -0.494 e. The number of aryl methyl sites for hydroxylation is 1. The fourth-order valence-electron chi connectivity index (χ4n) is 1.65. The molecule has 112 valence electrons. The average molecular weight is 323 g/mol. The lowest BCUT2D eigenvalue weighted by Gasteiger charge is -2.06. The molecule has 2 rings (SSSR count). The zero-order valence-electron chi connectivity index (χ0n) is 12.0. The van der Waals surface area contributed by atoms with Crippen LogP contribution in [0.4, 0.5) is 5.13 Å². The quantitative estimate of drug-likeness (QED) is 0.481. The van der Waals surface area contributed by atoms with Gasteiger partial charge in [0.25, 0.3) is 0 Å². The number of carbonyl (C=O) groups is 1. The van der Waals surface area contributed by atoms with Crippen LogP contribution in [0.5, 0.6) is 5.75 Å². The summed E-state index contributed by atoms with van der Waals surface area (Å²) in [7, 11) is 0. The van der Waals surface area contributed by atoms with E-state index in [1.807, 2.05) is 37.4 Å². The standard InChI is InChI=1S/C14H17N3O2S2/c1-10-5-3-6-11(9-10)19-8-4-7-12(18)15-13-16-17-14(20-2)21-13/h3,5-6,9H,4,7-8H2,1-2H3,(H,15,16,18). The number of nitrogens with zero attached hydrogens (tertiary/aromatic N) is 2. The lowest BCUT2D eigenvalue weighted by atomic mass is 10.2. The van der Waals surface area contributed by atoms with Gasteiger partial charge in [-0.15, -0.1) is 10.2 Å². The van der Waals surface area contributed by atoms with Gasteiger partial charge >= 0.3 is 0 Å². The second kappa shape index (κ2) is 7.99. The number of rotatable bonds is 7. The van der Waals surface area contributed by atoms with Crippen molar-refractivity contribution in [3.8, 4) is 5.75 Å². The van der Waals surface area contributed by atoms with Crippen LogP contribution in [0, 0.1) is 6.92 Å². The molecule has 1 N–H and O–H groups in total. The first-order chi connectivity index (χ1) is 10.2.